The molecule has 2 unspecified atom stereocenters. The van der Waals surface area contributed by atoms with Crippen LogP contribution in [0.2, 0.25) is 0 Å². The Kier molecular flexibility index (Phi) is 5.89. The van der Waals surface area contributed by atoms with E-state index in [0.717, 1.165) is 31.3 Å². The van der Waals surface area contributed by atoms with E-state index < -0.39 is 41.7 Å². The molecule has 1 aliphatic heterocycles. The van der Waals surface area contributed by atoms with Crippen LogP contribution < -0.4 is 0 Å². The standard InChI is InChI=1S/C17H18F3NO5/c1-25-15(23)9-13(10-4-3-5-11(8-10)17(18,19)20)21-12(16(24)26-2)6-7-14(21)22/h3-5,8,12-13H,6-7,9H2,1-2H3. The predicted molar refractivity (Wildman–Crippen MR) is 82.7 cm³/mol. The molecule has 142 valence electrons. The number of likely N-dealkylation sites (tertiary alicyclic amines) is 1. The fourth-order valence-electron chi connectivity index (χ4n) is 3.00. The minimum absolute atomic E-state index is 0.0381. The third-order valence-corrected chi connectivity index (χ3v) is 4.25. The molecule has 0 bridgehead atoms. The first kappa shape index (κ1) is 19.7. The van der Waals surface area contributed by atoms with Gasteiger partial charge in [-0.05, 0) is 24.1 Å². The number of alkyl halides is 3. The third kappa shape index (κ3) is 4.14. The average Bonchev–Trinajstić information content (AvgIpc) is 2.99. The van der Waals surface area contributed by atoms with Gasteiger partial charge in [-0.25, -0.2) is 4.79 Å². The molecule has 6 nitrogen and oxygen atoms in total. The van der Waals surface area contributed by atoms with E-state index in [1.165, 1.54) is 12.1 Å². The highest BCUT2D eigenvalue weighted by molar-refractivity contribution is 5.89. The average molecular weight is 373 g/mol. The molecule has 1 aromatic carbocycles. The fourth-order valence-corrected chi connectivity index (χ4v) is 3.00. The van der Waals surface area contributed by atoms with Crippen molar-refractivity contribution in [3.05, 3.63) is 35.4 Å². The number of methoxy groups -OCH3 is 2. The lowest BCUT2D eigenvalue weighted by atomic mass is 9.98. The summed E-state index contributed by atoms with van der Waals surface area (Å²) in [4.78, 5) is 37.2. The number of esters is 2. The zero-order chi connectivity index (χ0) is 19.5. The van der Waals surface area contributed by atoms with Gasteiger partial charge >= 0.3 is 18.1 Å². The number of rotatable bonds is 5. The Morgan fingerprint density at radius 3 is 2.54 bits per heavy atom. The highest BCUT2D eigenvalue weighted by atomic mass is 19.4. The summed E-state index contributed by atoms with van der Waals surface area (Å²) in [7, 11) is 2.29. The Balaban J connectivity index is 2.48. The molecule has 9 heteroatoms. The van der Waals surface area contributed by atoms with Gasteiger partial charge in [0, 0.05) is 6.42 Å². The van der Waals surface area contributed by atoms with Crippen molar-refractivity contribution in [2.45, 2.75) is 37.5 Å². The lowest BCUT2D eigenvalue weighted by Crippen LogP contribution is -2.42. The van der Waals surface area contributed by atoms with E-state index in [-0.39, 0.29) is 24.8 Å². The number of nitrogens with zero attached hydrogens (tertiary/aromatic N) is 1. The van der Waals surface area contributed by atoms with Crippen molar-refractivity contribution in [1.82, 2.24) is 4.90 Å². The molecule has 1 saturated heterocycles. The van der Waals surface area contributed by atoms with Gasteiger partial charge in [-0.2, -0.15) is 13.2 Å². The molecular formula is C17H18F3NO5. The summed E-state index contributed by atoms with van der Waals surface area (Å²) in [5.41, 5.74) is -0.819. The Morgan fingerprint density at radius 1 is 1.27 bits per heavy atom. The molecule has 1 aromatic rings. The van der Waals surface area contributed by atoms with Crippen molar-refractivity contribution in [2.75, 3.05) is 14.2 Å². The third-order valence-electron chi connectivity index (χ3n) is 4.25. The van der Waals surface area contributed by atoms with Crippen LogP contribution in [0.1, 0.15) is 36.4 Å². The normalized spacial score (nSPS) is 18.6. The second-order valence-electron chi connectivity index (χ2n) is 5.80. The van der Waals surface area contributed by atoms with Crippen LogP contribution in [-0.2, 0) is 30.0 Å². The number of benzene rings is 1. The van der Waals surface area contributed by atoms with Crippen molar-refractivity contribution < 1.29 is 37.0 Å². The maximum Gasteiger partial charge on any atom is 0.416 e. The Morgan fingerprint density at radius 2 is 1.96 bits per heavy atom. The van der Waals surface area contributed by atoms with Gasteiger partial charge in [0.1, 0.15) is 6.04 Å². The lowest BCUT2D eigenvalue weighted by molar-refractivity contribution is -0.153. The lowest BCUT2D eigenvalue weighted by Gasteiger charge is -2.32. The quantitative estimate of drug-likeness (QED) is 0.742. The summed E-state index contributed by atoms with van der Waals surface area (Å²) in [6.07, 6.45) is -4.75. The van der Waals surface area contributed by atoms with E-state index in [9.17, 15) is 27.6 Å². The molecule has 26 heavy (non-hydrogen) atoms. The van der Waals surface area contributed by atoms with Crippen LogP contribution in [-0.4, -0.2) is 43.0 Å². The summed E-state index contributed by atoms with van der Waals surface area (Å²) < 4.78 is 48.4. The van der Waals surface area contributed by atoms with Gasteiger partial charge in [-0.3, -0.25) is 9.59 Å². The van der Waals surface area contributed by atoms with Crippen molar-refractivity contribution >= 4 is 17.8 Å². The summed E-state index contributed by atoms with van der Waals surface area (Å²) in [5.74, 6) is -1.83. The molecule has 2 rings (SSSR count). The summed E-state index contributed by atoms with van der Waals surface area (Å²) in [6.45, 7) is 0. The highest BCUT2D eigenvalue weighted by Gasteiger charge is 2.43. The molecule has 0 spiro atoms. The first-order chi connectivity index (χ1) is 12.2. The SMILES string of the molecule is COC(=O)CC(c1cccc(C(F)(F)F)c1)N1C(=O)CCC1C(=O)OC. The molecule has 1 heterocycles. The van der Waals surface area contributed by atoms with Crippen LogP contribution in [0.5, 0.6) is 0 Å². The van der Waals surface area contributed by atoms with Crippen molar-refractivity contribution in [2.24, 2.45) is 0 Å². The molecule has 0 saturated carbocycles. The summed E-state index contributed by atoms with van der Waals surface area (Å²) >= 11 is 0. The maximum atomic E-state index is 13.0. The predicted octanol–water partition coefficient (Wildman–Crippen LogP) is 2.47. The number of halogens is 3. The molecule has 0 aliphatic carbocycles. The largest absolute Gasteiger partial charge is 0.469 e. The highest BCUT2D eigenvalue weighted by Crippen LogP contribution is 2.36. The van der Waals surface area contributed by atoms with Crippen molar-refractivity contribution in [3.63, 3.8) is 0 Å². The van der Waals surface area contributed by atoms with Crippen LogP contribution in [0.4, 0.5) is 13.2 Å². The monoisotopic (exact) mass is 373 g/mol. The second kappa shape index (κ2) is 7.76. The van der Waals surface area contributed by atoms with Gasteiger partial charge in [0.25, 0.3) is 0 Å². The van der Waals surface area contributed by atoms with E-state index in [1.54, 1.807) is 0 Å². The second-order valence-corrected chi connectivity index (χ2v) is 5.80. The van der Waals surface area contributed by atoms with Gasteiger partial charge in [-0.15, -0.1) is 0 Å². The topological polar surface area (TPSA) is 72.9 Å². The van der Waals surface area contributed by atoms with E-state index in [0.29, 0.717) is 0 Å². The zero-order valence-electron chi connectivity index (χ0n) is 14.2. The molecule has 1 fully saturated rings. The first-order valence-corrected chi connectivity index (χ1v) is 7.82. The molecular weight excluding hydrogens is 355 g/mol. The molecule has 0 N–H and O–H groups in total. The molecule has 2 atom stereocenters. The number of carbonyl (C=O) groups excluding carboxylic acids is 3. The van der Waals surface area contributed by atoms with Gasteiger partial charge in [0.15, 0.2) is 0 Å². The van der Waals surface area contributed by atoms with Gasteiger partial charge < -0.3 is 14.4 Å². The number of hydrogen-bond donors (Lipinski definition) is 0. The Hall–Kier alpha value is -2.58. The number of hydrogen-bond acceptors (Lipinski definition) is 5. The van der Waals surface area contributed by atoms with Crippen LogP contribution in [0.3, 0.4) is 0 Å². The number of amides is 1. The molecule has 1 aliphatic rings. The number of carbonyl (C=O) groups is 3. The Labute approximate surface area is 147 Å². The van der Waals surface area contributed by atoms with Crippen LogP contribution in [0.25, 0.3) is 0 Å². The Bertz CT molecular complexity index is 704. The van der Waals surface area contributed by atoms with Crippen LogP contribution in [0.15, 0.2) is 24.3 Å². The zero-order valence-corrected chi connectivity index (χ0v) is 14.2. The van der Waals surface area contributed by atoms with Crippen LogP contribution >= 0.6 is 0 Å². The van der Waals surface area contributed by atoms with Crippen molar-refractivity contribution in [1.29, 1.82) is 0 Å². The van der Waals surface area contributed by atoms with Gasteiger partial charge in [0.2, 0.25) is 5.91 Å². The first-order valence-electron chi connectivity index (χ1n) is 7.82. The van der Waals surface area contributed by atoms with E-state index in [1.807, 2.05) is 0 Å². The van der Waals surface area contributed by atoms with E-state index in [4.69, 9.17) is 0 Å². The minimum Gasteiger partial charge on any atom is -0.469 e. The van der Waals surface area contributed by atoms with Crippen molar-refractivity contribution in [3.8, 4) is 0 Å². The molecule has 0 aromatic heterocycles. The summed E-state index contributed by atoms with van der Waals surface area (Å²) in [5, 5.41) is 0. The summed E-state index contributed by atoms with van der Waals surface area (Å²) in [6, 6.07) is 2.30. The van der Waals surface area contributed by atoms with Gasteiger partial charge in [-0.1, -0.05) is 12.1 Å². The van der Waals surface area contributed by atoms with E-state index >= 15 is 0 Å². The minimum atomic E-state index is -4.58. The van der Waals surface area contributed by atoms with Crippen LogP contribution in [0, 0.1) is 0 Å². The smallest absolute Gasteiger partial charge is 0.416 e. The number of ether oxygens (including phenoxy) is 2. The molecule has 0 radical (unpaired) electrons. The fraction of sp³-hybridized carbons (Fsp3) is 0.471. The van der Waals surface area contributed by atoms with Gasteiger partial charge in [0.05, 0.1) is 32.2 Å². The van der Waals surface area contributed by atoms with E-state index in [2.05, 4.69) is 9.47 Å². The maximum absolute atomic E-state index is 13.0. The molecule has 1 amide bonds.